The summed E-state index contributed by atoms with van der Waals surface area (Å²) in [6.45, 7) is -3.29. The predicted octanol–water partition coefficient (Wildman–Crippen LogP) is 6.07. The molecular weight excluding hydrogens is 492 g/mol. The van der Waals surface area contributed by atoms with Crippen LogP contribution in [-0.4, -0.2) is 59.9 Å². The third-order valence-electron chi connectivity index (χ3n) is 3.10. The summed E-state index contributed by atoms with van der Waals surface area (Å²) < 4.78 is 209. The van der Waals surface area contributed by atoms with Crippen LogP contribution in [0.5, 0.6) is 0 Å². The van der Waals surface area contributed by atoms with Crippen molar-refractivity contribution >= 4 is 17.0 Å². The summed E-state index contributed by atoms with van der Waals surface area (Å²) in [6.07, 6.45) is -5.90. The van der Waals surface area contributed by atoms with E-state index in [1.165, 1.54) is 0 Å². The minimum absolute atomic E-state index is 2.43. The van der Waals surface area contributed by atoms with Gasteiger partial charge in [0.1, 0.15) is 0 Å². The molecule has 0 saturated heterocycles. The van der Waals surface area contributed by atoms with Gasteiger partial charge in [-0.2, -0.15) is 61.5 Å². The zero-order chi connectivity index (χ0) is 24.1. The highest BCUT2D eigenvalue weighted by molar-refractivity contribution is 6.61. The maximum atomic E-state index is 13.2. The molecule has 0 aromatic rings. The molecule has 0 aromatic carbocycles. The number of hydrogen-bond acceptors (Lipinski definition) is 2. The van der Waals surface area contributed by atoms with Crippen molar-refractivity contribution in [2.75, 3.05) is 6.61 Å². The highest BCUT2D eigenvalue weighted by atomic mass is 35.5. The molecule has 2 nitrogen and oxygen atoms in total. The van der Waals surface area contributed by atoms with Crippen molar-refractivity contribution in [3.63, 3.8) is 0 Å². The van der Waals surface area contributed by atoms with Crippen molar-refractivity contribution < 1.29 is 79.8 Å². The van der Waals surface area contributed by atoms with Gasteiger partial charge < -0.3 is 4.74 Å². The molecule has 0 aliphatic heterocycles. The van der Waals surface area contributed by atoms with E-state index in [0.29, 0.717) is 0 Å². The van der Waals surface area contributed by atoms with Crippen molar-refractivity contribution in [3.05, 3.63) is 0 Å². The molecule has 174 valence electrons. The normalized spacial score (nSPS) is 15.7. The Hall–Kier alpha value is -1.36. The van der Waals surface area contributed by atoms with Crippen LogP contribution in [0.15, 0.2) is 0 Å². The predicted molar refractivity (Wildman–Crippen MR) is 57.8 cm³/mol. The summed E-state index contributed by atoms with van der Waals surface area (Å²) in [4.78, 5) is 9.98. The smallest absolute Gasteiger partial charge is 0.403 e. The molecule has 0 fully saturated rings. The fourth-order valence-electron chi connectivity index (χ4n) is 1.41. The van der Waals surface area contributed by atoms with E-state index in [1.807, 2.05) is 0 Å². The summed E-state index contributed by atoms with van der Waals surface area (Å²) >= 11 is 4.20. The molecule has 0 amide bonds. The van der Waals surface area contributed by atoms with Crippen molar-refractivity contribution in [1.29, 1.82) is 0 Å². The van der Waals surface area contributed by atoms with Crippen LogP contribution in [0, 0.1) is 0 Å². The van der Waals surface area contributed by atoms with Gasteiger partial charge in [-0.15, -0.1) is 0 Å². The van der Waals surface area contributed by atoms with Crippen molar-refractivity contribution in [3.8, 4) is 0 Å². The van der Waals surface area contributed by atoms with Gasteiger partial charge >= 0.3 is 53.3 Å². The first-order valence-electron chi connectivity index (χ1n) is 6.11. The third-order valence-corrected chi connectivity index (χ3v) is 3.21. The molecule has 0 spiro atoms. The van der Waals surface area contributed by atoms with Gasteiger partial charge in [-0.25, -0.2) is 13.6 Å². The van der Waals surface area contributed by atoms with Crippen LogP contribution in [-0.2, 0) is 4.74 Å². The fourth-order valence-corrected chi connectivity index (χ4v) is 1.46. The summed E-state index contributed by atoms with van der Waals surface area (Å²) in [5, 5.41) is 0. The lowest BCUT2D eigenvalue weighted by molar-refractivity contribution is -0.447. The van der Waals surface area contributed by atoms with E-state index in [2.05, 4.69) is 16.3 Å². The van der Waals surface area contributed by atoms with Gasteiger partial charge in [0.05, 0.1) is 0 Å². The van der Waals surface area contributed by atoms with Crippen LogP contribution in [0.4, 0.5) is 75.0 Å². The molecule has 0 atom stereocenters. The second kappa shape index (κ2) is 7.40. The molecular formula is C10H3ClF16O2. The molecule has 0 N–H and O–H groups in total. The quantitative estimate of drug-likeness (QED) is 0.287. The molecule has 29 heavy (non-hydrogen) atoms. The Morgan fingerprint density at radius 2 is 0.966 bits per heavy atom. The molecule has 0 heterocycles. The number of carbonyl (C=O) groups excluding carboxylic acids is 1. The van der Waals surface area contributed by atoms with Crippen LogP contribution in [0.1, 0.15) is 0 Å². The zero-order valence-corrected chi connectivity index (χ0v) is 13.3. The maximum absolute atomic E-state index is 13.2. The van der Waals surface area contributed by atoms with E-state index in [-0.39, 0.29) is 0 Å². The second-order valence-corrected chi connectivity index (χ2v) is 5.33. The van der Waals surface area contributed by atoms with E-state index in [9.17, 15) is 75.0 Å². The van der Waals surface area contributed by atoms with E-state index >= 15 is 0 Å². The molecule has 0 aromatic heterocycles. The van der Waals surface area contributed by atoms with Crippen LogP contribution in [0.2, 0.25) is 0 Å². The Balaban J connectivity index is 6.48. The lowest BCUT2D eigenvalue weighted by Crippen LogP contribution is -2.74. The van der Waals surface area contributed by atoms with Crippen LogP contribution < -0.4 is 0 Å². The van der Waals surface area contributed by atoms with Crippen LogP contribution in [0.25, 0.3) is 0 Å². The highest BCUT2D eigenvalue weighted by Crippen LogP contribution is 2.62. The number of hydrogen-bond donors (Lipinski definition) is 0. The topological polar surface area (TPSA) is 26.3 Å². The number of halogens is 17. The number of carbonyl (C=O) groups is 1. The Kier molecular flexibility index (Phi) is 7.06. The Morgan fingerprint density at radius 1 is 0.655 bits per heavy atom. The van der Waals surface area contributed by atoms with Gasteiger partial charge in [-0.3, -0.25) is 0 Å². The Bertz CT molecular complexity index is 615. The first kappa shape index (κ1) is 27.6. The van der Waals surface area contributed by atoms with Crippen LogP contribution >= 0.6 is 11.6 Å². The molecule has 0 unspecified atom stereocenters. The van der Waals surface area contributed by atoms with Crippen LogP contribution in [0.3, 0.4) is 0 Å². The average molecular weight is 495 g/mol. The lowest BCUT2D eigenvalue weighted by atomic mass is 9.89. The second-order valence-electron chi connectivity index (χ2n) is 5.03. The number of ether oxygens (including phenoxy) is 1. The van der Waals surface area contributed by atoms with E-state index in [4.69, 9.17) is 0 Å². The largest absolute Gasteiger partial charge is 0.447 e. The van der Waals surface area contributed by atoms with Gasteiger partial charge in [0.25, 0.3) is 0 Å². The molecule has 0 aliphatic carbocycles. The third kappa shape index (κ3) is 3.87. The number of rotatable bonds is 9. The molecule has 0 aliphatic rings. The summed E-state index contributed by atoms with van der Waals surface area (Å²) in [5.74, 6) is -55.4. The molecule has 0 bridgehead atoms. The van der Waals surface area contributed by atoms with Gasteiger partial charge in [0.15, 0.2) is 6.61 Å². The standard InChI is InChI=1S/C10H3ClF16O2/c11-3(28)29-1-4(14,15)6(18,19)8(22,23)10(26,27)9(24,25)7(20,21)5(16,17)2(12)13/h2H,1H2. The molecule has 0 radical (unpaired) electrons. The van der Waals surface area contributed by atoms with Gasteiger partial charge in [-0.1, -0.05) is 0 Å². The summed E-state index contributed by atoms with van der Waals surface area (Å²) in [6, 6.07) is 0. The van der Waals surface area contributed by atoms with Gasteiger partial charge in [0.2, 0.25) is 0 Å². The first-order chi connectivity index (χ1) is 12.4. The average Bonchev–Trinajstić information content (AvgIpc) is 2.51. The minimum Gasteiger partial charge on any atom is -0.447 e. The van der Waals surface area contributed by atoms with Gasteiger partial charge in [0, 0.05) is 11.6 Å². The van der Waals surface area contributed by atoms with E-state index in [1.54, 1.807) is 0 Å². The summed E-state index contributed by atoms with van der Waals surface area (Å²) in [5.41, 5.74) is -2.43. The lowest BCUT2D eigenvalue weighted by Gasteiger charge is -2.42. The fraction of sp³-hybridized carbons (Fsp3) is 0.900. The van der Waals surface area contributed by atoms with E-state index < -0.39 is 59.9 Å². The molecule has 0 saturated carbocycles. The molecule has 0 rings (SSSR count). The Labute approximate surface area is 152 Å². The molecule has 19 heteroatoms. The van der Waals surface area contributed by atoms with Crippen molar-refractivity contribution in [2.45, 2.75) is 47.9 Å². The zero-order valence-electron chi connectivity index (χ0n) is 12.5. The van der Waals surface area contributed by atoms with E-state index in [0.717, 1.165) is 0 Å². The maximum Gasteiger partial charge on any atom is 0.403 e. The highest BCUT2D eigenvalue weighted by Gasteiger charge is 2.93. The number of alkyl halides is 16. The van der Waals surface area contributed by atoms with Crippen molar-refractivity contribution in [2.24, 2.45) is 0 Å². The minimum atomic E-state index is -8.49. The summed E-state index contributed by atoms with van der Waals surface area (Å²) in [7, 11) is 0. The first-order valence-corrected chi connectivity index (χ1v) is 6.49. The Morgan fingerprint density at radius 3 is 1.28 bits per heavy atom. The monoisotopic (exact) mass is 494 g/mol. The van der Waals surface area contributed by atoms with Crippen molar-refractivity contribution in [1.82, 2.24) is 0 Å². The SMILES string of the molecule is O=C(Cl)OCC(F)(F)C(F)(F)C(F)(F)C(F)(F)C(F)(F)C(F)(F)C(F)(F)C(F)F. The van der Waals surface area contributed by atoms with Gasteiger partial charge in [-0.05, 0) is 0 Å².